The van der Waals surface area contributed by atoms with Crippen molar-refractivity contribution < 1.29 is 14.6 Å². The minimum absolute atomic E-state index is 0.343. The maximum absolute atomic E-state index is 9.25. The minimum atomic E-state index is -0.751. The first-order valence-electron chi connectivity index (χ1n) is 5.61. The molecule has 94 valence electrons. The molecular weight excluding hydrogens is 234 g/mol. The Morgan fingerprint density at radius 3 is 2.89 bits per heavy atom. The Kier molecular flexibility index (Phi) is 2.53. The van der Waals surface area contributed by atoms with Crippen LogP contribution in [-0.4, -0.2) is 33.5 Å². The summed E-state index contributed by atoms with van der Waals surface area (Å²) < 4.78 is 11.9. The van der Waals surface area contributed by atoms with Crippen molar-refractivity contribution >= 4 is 0 Å². The van der Waals surface area contributed by atoms with E-state index >= 15 is 0 Å². The zero-order valence-electron chi connectivity index (χ0n) is 10.1. The van der Waals surface area contributed by atoms with Crippen molar-refractivity contribution in [3.63, 3.8) is 0 Å². The van der Waals surface area contributed by atoms with Crippen LogP contribution in [0.25, 0.3) is 5.69 Å². The summed E-state index contributed by atoms with van der Waals surface area (Å²) in [5.41, 5.74) is 2.39. The van der Waals surface area contributed by atoms with Gasteiger partial charge in [-0.2, -0.15) is 0 Å². The van der Waals surface area contributed by atoms with Crippen LogP contribution in [0.15, 0.2) is 24.3 Å². The molecule has 3 rings (SSSR count). The number of aromatic nitrogens is 3. The van der Waals surface area contributed by atoms with E-state index in [0.717, 1.165) is 17.1 Å². The van der Waals surface area contributed by atoms with Crippen molar-refractivity contribution in [2.75, 3.05) is 7.11 Å². The lowest BCUT2D eigenvalue weighted by molar-refractivity contribution is 0.156. The van der Waals surface area contributed by atoms with Crippen LogP contribution in [0.1, 0.15) is 17.5 Å². The van der Waals surface area contributed by atoms with Gasteiger partial charge in [0.05, 0.1) is 18.5 Å². The summed E-state index contributed by atoms with van der Waals surface area (Å²) in [6.45, 7) is 1.89. The van der Waals surface area contributed by atoms with Gasteiger partial charge in [0.2, 0.25) is 0 Å². The number of hydrogen-bond donors (Lipinski definition) is 1. The number of rotatable bonds is 3. The molecule has 18 heavy (non-hydrogen) atoms. The average Bonchev–Trinajstić information content (AvgIpc) is 2.98. The number of aliphatic hydroxyl groups is 1. The van der Waals surface area contributed by atoms with Gasteiger partial charge in [-0.1, -0.05) is 11.3 Å². The number of methoxy groups -OCH3 is 1. The van der Waals surface area contributed by atoms with E-state index < -0.39 is 6.29 Å². The molecule has 2 aromatic rings. The Labute approximate surface area is 104 Å². The highest BCUT2D eigenvalue weighted by Gasteiger charge is 2.42. The topological polar surface area (TPSA) is 72.7 Å². The fourth-order valence-corrected chi connectivity index (χ4v) is 1.90. The molecule has 0 spiro atoms. The van der Waals surface area contributed by atoms with Crippen molar-refractivity contribution in [3.05, 3.63) is 35.7 Å². The van der Waals surface area contributed by atoms with Gasteiger partial charge in [0, 0.05) is 6.07 Å². The second-order valence-corrected chi connectivity index (χ2v) is 4.12. The molecule has 0 bridgehead atoms. The summed E-state index contributed by atoms with van der Waals surface area (Å²) in [6.07, 6.45) is -1.09. The van der Waals surface area contributed by atoms with Crippen molar-refractivity contribution in [1.82, 2.24) is 15.0 Å². The standard InChI is InChI=1S/C12H13N3O3/c1-7-10(11-12(16)18-11)13-14-15(7)8-4-3-5-9(6-8)17-2/h3-6,11-12,16H,1-2H3. The number of aliphatic hydroxyl groups excluding tert-OH is 1. The highest BCUT2D eigenvalue weighted by atomic mass is 16.7. The second kappa shape index (κ2) is 4.08. The maximum Gasteiger partial charge on any atom is 0.188 e. The van der Waals surface area contributed by atoms with Gasteiger partial charge in [-0.15, -0.1) is 5.10 Å². The van der Waals surface area contributed by atoms with Crippen LogP contribution >= 0.6 is 0 Å². The third-order valence-electron chi connectivity index (χ3n) is 2.97. The molecule has 1 N–H and O–H groups in total. The molecule has 2 unspecified atom stereocenters. The minimum Gasteiger partial charge on any atom is -0.497 e. The lowest BCUT2D eigenvalue weighted by atomic mass is 10.2. The molecule has 1 aromatic heterocycles. The number of benzene rings is 1. The molecule has 0 amide bonds. The third-order valence-corrected chi connectivity index (χ3v) is 2.97. The summed E-state index contributed by atoms with van der Waals surface area (Å²) in [5, 5.41) is 17.4. The molecule has 2 atom stereocenters. The quantitative estimate of drug-likeness (QED) is 0.818. The Morgan fingerprint density at radius 2 is 2.22 bits per heavy atom. The summed E-state index contributed by atoms with van der Waals surface area (Å²) in [5.74, 6) is 0.756. The predicted octanol–water partition coefficient (Wildman–Crippen LogP) is 0.974. The van der Waals surface area contributed by atoms with Crippen molar-refractivity contribution in [2.45, 2.75) is 19.3 Å². The number of ether oxygens (including phenoxy) is 2. The van der Waals surface area contributed by atoms with Gasteiger partial charge >= 0.3 is 0 Å². The van der Waals surface area contributed by atoms with Crippen molar-refractivity contribution in [3.8, 4) is 11.4 Å². The van der Waals surface area contributed by atoms with Crippen LogP contribution < -0.4 is 4.74 Å². The fraction of sp³-hybridized carbons (Fsp3) is 0.333. The van der Waals surface area contributed by atoms with E-state index in [-0.39, 0.29) is 6.10 Å². The Hall–Kier alpha value is -1.92. The predicted molar refractivity (Wildman–Crippen MR) is 62.5 cm³/mol. The van der Waals surface area contributed by atoms with Gasteiger partial charge in [-0.25, -0.2) is 4.68 Å². The van der Waals surface area contributed by atoms with Crippen LogP contribution in [0, 0.1) is 6.92 Å². The molecule has 1 aromatic carbocycles. The van der Waals surface area contributed by atoms with E-state index in [9.17, 15) is 5.11 Å². The monoisotopic (exact) mass is 247 g/mol. The molecule has 6 nitrogen and oxygen atoms in total. The van der Waals surface area contributed by atoms with E-state index in [4.69, 9.17) is 9.47 Å². The highest BCUT2D eigenvalue weighted by Crippen LogP contribution is 2.37. The molecular formula is C12H13N3O3. The Bertz CT molecular complexity index is 582. The molecule has 6 heteroatoms. The maximum atomic E-state index is 9.25. The molecule has 2 heterocycles. The first kappa shape index (κ1) is 11.2. The van der Waals surface area contributed by atoms with E-state index in [1.165, 1.54) is 0 Å². The fourth-order valence-electron chi connectivity index (χ4n) is 1.90. The number of hydrogen-bond acceptors (Lipinski definition) is 5. The molecule has 1 saturated heterocycles. The summed E-state index contributed by atoms with van der Waals surface area (Å²) in [4.78, 5) is 0. The average molecular weight is 247 g/mol. The van der Waals surface area contributed by atoms with Crippen molar-refractivity contribution in [1.29, 1.82) is 0 Å². The van der Waals surface area contributed by atoms with Crippen LogP contribution in [0.2, 0.25) is 0 Å². The van der Waals surface area contributed by atoms with Crippen LogP contribution in [-0.2, 0) is 4.74 Å². The molecule has 1 aliphatic heterocycles. The van der Waals surface area contributed by atoms with Gasteiger partial charge in [0.25, 0.3) is 0 Å². The lowest BCUT2D eigenvalue weighted by Crippen LogP contribution is -2.00. The highest BCUT2D eigenvalue weighted by molar-refractivity contribution is 5.40. The molecule has 0 aliphatic carbocycles. The van der Waals surface area contributed by atoms with Gasteiger partial charge in [-0.3, -0.25) is 0 Å². The normalized spacial score (nSPS) is 21.9. The van der Waals surface area contributed by atoms with Crippen LogP contribution in [0.4, 0.5) is 0 Å². The van der Waals surface area contributed by atoms with Crippen LogP contribution in [0.5, 0.6) is 5.75 Å². The Morgan fingerprint density at radius 1 is 1.44 bits per heavy atom. The van der Waals surface area contributed by atoms with E-state index in [2.05, 4.69) is 10.3 Å². The molecule has 1 fully saturated rings. The number of epoxide rings is 1. The van der Waals surface area contributed by atoms with Gasteiger partial charge in [0.15, 0.2) is 12.4 Å². The summed E-state index contributed by atoms with van der Waals surface area (Å²) in [6, 6.07) is 7.54. The van der Waals surface area contributed by atoms with E-state index in [1.54, 1.807) is 11.8 Å². The summed E-state index contributed by atoms with van der Waals surface area (Å²) >= 11 is 0. The van der Waals surface area contributed by atoms with Crippen molar-refractivity contribution in [2.24, 2.45) is 0 Å². The smallest absolute Gasteiger partial charge is 0.188 e. The lowest BCUT2D eigenvalue weighted by Gasteiger charge is -2.05. The molecule has 0 radical (unpaired) electrons. The number of nitrogens with zero attached hydrogens (tertiary/aromatic N) is 3. The van der Waals surface area contributed by atoms with Gasteiger partial charge in [0.1, 0.15) is 11.4 Å². The molecule has 1 aliphatic rings. The summed E-state index contributed by atoms with van der Waals surface area (Å²) in [7, 11) is 1.62. The van der Waals surface area contributed by atoms with E-state index in [1.807, 2.05) is 31.2 Å². The van der Waals surface area contributed by atoms with Crippen LogP contribution in [0.3, 0.4) is 0 Å². The zero-order valence-corrected chi connectivity index (χ0v) is 10.1. The molecule has 0 saturated carbocycles. The van der Waals surface area contributed by atoms with E-state index in [0.29, 0.717) is 5.69 Å². The SMILES string of the molecule is COc1cccc(-n2nnc(C3OC3O)c2C)c1. The van der Waals surface area contributed by atoms with Gasteiger partial charge < -0.3 is 14.6 Å². The first-order chi connectivity index (χ1) is 8.70. The van der Waals surface area contributed by atoms with Gasteiger partial charge in [-0.05, 0) is 19.1 Å². The third kappa shape index (κ3) is 1.75. The largest absolute Gasteiger partial charge is 0.497 e. The zero-order chi connectivity index (χ0) is 12.7. The first-order valence-corrected chi connectivity index (χ1v) is 5.61. The Balaban J connectivity index is 1.98. The second-order valence-electron chi connectivity index (χ2n) is 4.12.